The summed E-state index contributed by atoms with van der Waals surface area (Å²) in [7, 11) is 1.40. The number of hydrogen-bond donors (Lipinski definition) is 0. The number of rotatable bonds is 34. The van der Waals surface area contributed by atoms with Crippen molar-refractivity contribution in [3.8, 4) is 0 Å². The average Bonchev–Trinajstić information content (AvgIpc) is 2.93. The molecule has 0 fully saturated rings. The van der Waals surface area contributed by atoms with E-state index in [1.54, 1.807) is 0 Å². The Bertz CT molecular complexity index is 460. The first-order valence-corrected chi connectivity index (χ1v) is 18.1. The van der Waals surface area contributed by atoms with Crippen LogP contribution >= 0.6 is 0 Å². The van der Waals surface area contributed by atoms with Crippen LogP contribution in [0.1, 0.15) is 219 Å². The molecule has 0 unspecified atom stereocenters. The first-order chi connectivity index (χ1) is 19.2. The minimum absolute atomic E-state index is 0.0515. The molecule has 0 heterocycles. The van der Waals surface area contributed by atoms with Crippen LogP contribution in [-0.4, -0.2) is 18.6 Å². The molecule has 0 rings (SSSR count). The Morgan fingerprint density at radius 3 is 0.692 bits per heavy atom. The van der Waals surface area contributed by atoms with E-state index in [1.165, 1.54) is 174 Å². The molecule has 0 aromatic carbocycles. The van der Waals surface area contributed by atoms with Crippen LogP contribution in [-0.2, 0) is 9.59 Å². The predicted molar refractivity (Wildman–Crippen MR) is 175 cm³/mol. The van der Waals surface area contributed by atoms with Crippen molar-refractivity contribution in [2.45, 2.75) is 219 Å². The minimum atomic E-state index is 0.0515. The zero-order valence-electron chi connectivity index (χ0n) is 27.0. The van der Waals surface area contributed by atoms with Crippen LogP contribution in [0.5, 0.6) is 0 Å². The van der Waals surface area contributed by atoms with Crippen molar-refractivity contribution in [2.75, 3.05) is 0 Å². The van der Waals surface area contributed by atoms with E-state index in [1.807, 2.05) is 0 Å². The van der Waals surface area contributed by atoms with Crippen LogP contribution in [0.4, 0.5) is 0 Å². The molecule has 3 heteroatoms. The van der Waals surface area contributed by atoms with Crippen LogP contribution < -0.4 is 0 Å². The summed E-state index contributed by atoms with van der Waals surface area (Å²) in [5.41, 5.74) is 0.103. The molecule has 0 aliphatic carbocycles. The van der Waals surface area contributed by atoms with Crippen molar-refractivity contribution in [3.05, 3.63) is 0 Å². The van der Waals surface area contributed by atoms with E-state index in [-0.39, 0.29) is 11.4 Å². The van der Waals surface area contributed by atoms with Gasteiger partial charge in [-0.1, -0.05) is 194 Å². The maximum atomic E-state index is 12.1. The van der Waals surface area contributed by atoms with Crippen molar-refractivity contribution in [3.63, 3.8) is 0 Å². The Morgan fingerprint density at radius 2 is 0.487 bits per heavy atom. The highest BCUT2D eigenvalue weighted by atomic mass is 16.1. The first-order valence-electron chi connectivity index (χ1n) is 18.1. The molecule has 0 aliphatic heterocycles. The van der Waals surface area contributed by atoms with Gasteiger partial charge in [0.1, 0.15) is 0 Å². The van der Waals surface area contributed by atoms with Gasteiger partial charge in [-0.15, -0.1) is 0 Å². The SMILES string of the molecule is CCCCCCCCCCCCCCCCCC(=O)[B]C(=O)CCCCCCCCCCCCCCCCC. The zero-order chi connectivity index (χ0) is 28.5. The molecule has 0 spiro atoms. The average molecular weight is 546 g/mol. The van der Waals surface area contributed by atoms with Crippen molar-refractivity contribution in [1.82, 2.24) is 0 Å². The lowest BCUT2D eigenvalue weighted by Gasteiger charge is -2.04. The van der Waals surface area contributed by atoms with Gasteiger partial charge >= 0.3 is 0 Å². The maximum Gasteiger partial charge on any atom is 0.290 e. The van der Waals surface area contributed by atoms with E-state index in [2.05, 4.69) is 13.8 Å². The third-order valence-electron chi connectivity index (χ3n) is 8.38. The Labute approximate surface area is 247 Å². The normalized spacial score (nSPS) is 11.2. The lowest BCUT2D eigenvalue weighted by molar-refractivity contribution is -0.115. The number of hydrogen-bond acceptors (Lipinski definition) is 2. The third-order valence-corrected chi connectivity index (χ3v) is 8.38. The van der Waals surface area contributed by atoms with Crippen molar-refractivity contribution >= 4 is 18.6 Å². The molecule has 39 heavy (non-hydrogen) atoms. The fourth-order valence-electron chi connectivity index (χ4n) is 5.66. The molecule has 0 amide bonds. The summed E-state index contributed by atoms with van der Waals surface area (Å²) in [6.07, 6.45) is 41.1. The molecule has 0 bridgehead atoms. The molecule has 0 aliphatic rings. The molecule has 0 saturated heterocycles. The Morgan fingerprint density at radius 1 is 0.308 bits per heavy atom. The molecule has 0 N–H and O–H groups in total. The van der Waals surface area contributed by atoms with Crippen LogP contribution in [0, 0.1) is 0 Å². The second kappa shape index (κ2) is 33.6. The van der Waals surface area contributed by atoms with Gasteiger partial charge in [-0.2, -0.15) is 0 Å². The van der Waals surface area contributed by atoms with Crippen LogP contribution in [0.25, 0.3) is 0 Å². The molecule has 0 saturated carbocycles. The highest BCUT2D eigenvalue weighted by Crippen LogP contribution is 2.15. The molecule has 1 radical (unpaired) electrons. The number of carbonyl (C=O) groups is 2. The van der Waals surface area contributed by atoms with E-state index in [0.717, 1.165) is 25.7 Å². The lowest BCUT2D eigenvalue weighted by Crippen LogP contribution is -2.19. The third kappa shape index (κ3) is 33.5. The Kier molecular flexibility index (Phi) is 33.1. The Balaban J connectivity index is 3.27. The van der Waals surface area contributed by atoms with Crippen molar-refractivity contribution in [1.29, 1.82) is 0 Å². The van der Waals surface area contributed by atoms with Crippen LogP contribution in [0.3, 0.4) is 0 Å². The van der Waals surface area contributed by atoms with Crippen molar-refractivity contribution in [2.24, 2.45) is 0 Å². The molecular weight excluding hydrogens is 475 g/mol. The quantitative estimate of drug-likeness (QED) is 0.0595. The summed E-state index contributed by atoms with van der Waals surface area (Å²) >= 11 is 0. The summed E-state index contributed by atoms with van der Waals surface area (Å²) in [6, 6.07) is 0. The zero-order valence-corrected chi connectivity index (χ0v) is 27.0. The molecule has 2 nitrogen and oxygen atoms in total. The molecule has 0 aromatic heterocycles. The van der Waals surface area contributed by atoms with E-state index < -0.39 is 0 Å². The van der Waals surface area contributed by atoms with Crippen LogP contribution in [0.2, 0.25) is 0 Å². The first kappa shape index (κ1) is 38.4. The van der Waals surface area contributed by atoms with Gasteiger partial charge in [-0.05, 0) is 25.7 Å². The summed E-state index contributed by atoms with van der Waals surface area (Å²) in [4.78, 5) is 24.1. The monoisotopic (exact) mass is 546 g/mol. The second-order valence-electron chi connectivity index (χ2n) is 12.5. The van der Waals surface area contributed by atoms with Gasteiger partial charge < -0.3 is 9.59 Å². The topological polar surface area (TPSA) is 34.1 Å². The van der Waals surface area contributed by atoms with Gasteiger partial charge in [0.15, 0.2) is 0 Å². The Hall–Kier alpha value is -0.595. The number of carbonyl (C=O) groups excluding carboxylic acids is 2. The van der Waals surface area contributed by atoms with Crippen LogP contribution in [0.15, 0.2) is 0 Å². The van der Waals surface area contributed by atoms with Gasteiger partial charge in [0.25, 0.3) is 7.28 Å². The summed E-state index contributed by atoms with van der Waals surface area (Å²) in [5.74, 6) is 0. The maximum absolute atomic E-state index is 12.1. The standard InChI is InChI=1S/C36H70BO2/c1-3-5-7-9-11-13-15-17-19-21-23-25-27-29-31-33-35(38)37-36(39)34-32-30-28-26-24-22-20-18-16-14-12-10-8-6-4-2/h3-34H2,1-2H3. The van der Waals surface area contributed by atoms with E-state index in [9.17, 15) is 9.59 Å². The lowest BCUT2D eigenvalue weighted by atomic mass is 9.65. The van der Waals surface area contributed by atoms with E-state index in [4.69, 9.17) is 0 Å². The van der Waals surface area contributed by atoms with Gasteiger partial charge in [0, 0.05) is 0 Å². The van der Waals surface area contributed by atoms with E-state index >= 15 is 0 Å². The molecule has 229 valence electrons. The fraction of sp³-hybridized carbons (Fsp3) is 0.944. The number of unbranched alkanes of at least 4 members (excludes halogenated alkanes) is 28. The van der Waals surface area contributed by atoms with Gasteiger partial charge in [-0.3, -0.25) is 0 Å². The fourth-order valence-corrected chi connectivity index (χ4v) is 5.66. The van der Waals surface area contributed by atoms with Gasteiger partial charge in [0.05, 0.1) is 11.4 Å². The highest BCUT2D eigenvalue weighted by Gasteiger charge is 2.11. The second-order valence-corrected chi connectivity index (χ2v) is 12.5. The van der Waals surface area contributed by atoms with E-state index in [0.29, 0.717) is 12.8 Å². The summed E-state index contributed by atoms with van der Waals surface area (Å²) < 4.78 is 0. The molecule has 0 aromatic rings. The highest BCUT2D eigenvalue weighted by molar-refractivity contribution is 6.97. The smallest absolute Gasteiger partial charge is 0.290 e. The largest absolute Gasteiger partial charge is 0.311 e. The predicted octanol–water partition coefficient (Wildman–Crippen LogP) is 12.3. The van der Waals surface area contributed by atoms with Gasteiger partial charge in [-0.25, -0.2) is 0 Å². The summed E-state index contributed by atoms with van der Waals surface area (Å²) in [6.45, 7) is 4.56. The van der Waals surface area contributed by atoms with Gasteiger partial charge in [0.2, 0.25) is 0 Å². The molecular formula is C36H70BO2. The molecule has 0 atom stereocenters. The minimum Gasteiger partial charge on any atom is -0.311 e. The van der Waals surface area contributed by atoms with Crippen molar-refractivity contribution < 1.29 is 9.59 Å². The summed E-state index contributed by atoms with van der Waals surface area (Å²) in [5, 5.41) is 0.